The number of benzene rings is 2. The van der Waals surface area contributed by atoms with Crippen LogP contribution in [0.25, 0.3) is 10.6 Å². The highest BCUT2D eigenvalue weighted by atomic mass is 32.1. The summed E-state index contributed by atoms with van der Waals surface area (Å²) in [4.78, 5) is 9.79. The van der Waals surface area contributed by atoms with Crippen LogP contribution in [0.15, 0.2) is 53.9 Å². The normalized spacial score (nSPS) is 14.9. The lowest BCUT2D eigenvalue weighted by Crippen LogP contribution is -2.46. The van der Waals surface area contributed by atoms with Crippen LogP contribution in [-0.2, 0) is 6.54 Å². The molecule has 1 aromatic heterocycles. The van der Waals surface area contributed by atoms with Gasteiger partial charge in [-0.3, -0.25) is 4.90 Å². The number of anilines is 1. The smallest absolute Gasteiger partial charge is 0.170 e. The average Bonchev–Trinajstić information content (AvgIpc) is 3.22. The minimum absolute atomic E-state index is 0.730. The lowest BCUT2D eigenvalue weighted by molar-refractivity contribution is 0.247. The SMILES string of the molecule is COc1cccc(-c2nc(CN3CCN(c4ccccc4)CC3)cs2)c1OC. The van der Waals surface area contributed by atoms with Gasteiger partial charge in [-0.15, -0.1) is 11.3 Å². The van der Waals surface area contributed by atoms with Gasteiger partial charge in [0.15, 0.2) is 11.5 Å². The van der Waals surface area contributed by atoms with Gasteiger partial charge in [-0.05, 0) is 24.3 Å². The minimum atomic E-state index is 0.730. The van der Waals surface area contributed by atoms with Gasteiger partial charge in [0.2, 0.25) is 0 Å². The molecular formula is C22H25N3O2S. The first-order valence-corrected chi connectivity index (χ1v) is 10.3. The first kappa shape index (κ1) is 18.8. The van der Waals surface area contributed by atoms with Crippen LogP contribution in [0.3, 0.4) is 0 Å². The summed E-state index contributed by atoms with van der Waals surface area (Å²) in [6, 6.07) is 16.5. The Morgan fingerprint density at radius 3 is 2.43 bits per heavy atom. The monoisotopic (exact) mass is 395 g/mol. The molecule has 146 valence electrons. The summed E-state index contributed by atoms with van der Waals surface area (Å²) in [7, 11) is 3.33. The van der Waals surface area contributed by atoms with Crippen molar-refractivity contribution in [2.24, 2.45) is 0 Å². The van der Waals surface area contributed by atoms with Crippen LogP contribution in [0.4, 0.5) is 5.69 Å². The number of aromatic nitrogens is 1. The number of methoxy groups -OCH3 is 2. The quantitative estimate of drug-likeness (QED) is 0.627. The van der Waals surface area contributed by atoms with E-state index in [0.717, 1.165) is 60.5 Å². The van der Waals surface area contributed by atoms with E-state index in [4.69, 9.17) is 14.5 Å². The third-order valence-corrected chi connectivity index (χ3v) is 5.99. The molecule has 6 heteroatoms. The van der Waals surface area contributed by atoms with E-state index < -0.39 is 0 Å². The van der Waals surface area contributed by atoms with E-state index in [0.29, 0.717) is 0 Å². The first-order valence-electron chi connectivity index (χ1n) is 9.46. The molecular weight excluding hydrogens is 370 g/mol. The van der Waals surface area contributed by atoms with Crippen molar-refractivity contribution in [3.05, 3.63) is 59.6 Å². The molecule has 0 aliphatic carbocycles. The van der Waals surface area contributed by atoms with Gasteiger partial charge >= 0.3 is 0 Å². The molecule has 4 rings (SSSR count). The van der Waals surface area contributed by atoms with E-state index in [1.807, 2.05) is 18.2 Å². The van der Waals surface area contributed by atoms with E-state index in [1.165, 1.54) is 5.69 Å². The number of thiazole rings is 1. The largest absolute Gasteiger partial charge is 0.493 e. The highest BCUT2D eigenvalue weighted by Crippen LogP contribution is 2.39. The maximum absolute atomic E-state index is 5.56. The molecule has 28 heavy (non-hydrogen) atoms. The second-order valence-electron chi connectivity index (χ2n) is 6.78. The molecule has 0 N–H and O–H groups in total. The van der Waals surface area contributed by atoms with Crippen LogP contribution in [0.1, 0.15) is 5.69 Å². The van der Waals surface area contributed by atoms with Crippen molar-refractivity contribution < 1.29 is 9.47 Å². The summed E-state index contributed by atoms with van der Waals surface area (Å²) in [5, 5.41) is 3.12. The molecule has 0 spiro atoms. The van der Waals surface area contributed by atoms with Crippen molar-refractivity contribution in [1.82, 2.24) is 9.88 Å². The maximum Gasteiger partial charge on any atom is 0.170 e. The summed E-state index contributed by atoms with van der Waals surface area (Å²) in [5.74, 6) is 1.47. The van der Waals surface area contributed by atoms with Crippen molar-refractivity contribution >= 4 is 17.0 Å². The number of para-hydroxylation sites is 2. The Hall–Kier alpha value is -2.57. The molecule has 0 saturated carbocycles. The standard InChI is InChI=1S/C22H25N3O2S/c1-26-20-10-6-9-19(21(20)27-2)22-23-17(16-28-22)15-24-11-13-25(14-12-24)18-7-4-3-5-8-18/h3-10,16H,11-15H2,1-2H3. The second kappa shape index (κ2) is 8.63. The van der Waals surface area contributed by atoms with Gasteiger partial charge in [0.05, 0.1) is 25.5 Å². The predicted octanol–water partition coefficient (Wildman–Crippen LogP) is 4.15. The molecule has 0 radical (unpaired) electrons. The van der Waals surface area contributed by atoms with Gasteiger partial charge in [-0.2, -0.15) is 0 Å². The van der Waals surface area contributed by atoms with E-state index in [1.54, 1.807) is 25.6 Å². The van der Waals surface area contributed by atoms with E-state index in [-0.39, 0.29) is 0 Å². The molecule has 0 unspecified atom stereocenters. The van der Waals surface area contributed by atoms with Crippen molar-refractivity contribution in [2.75, 3.05) is 45.3 Å². The van der Waals surface area contributed by atoms with Crippen LogP contribution in [0.2, 0.25) is 0 Å². The van der Waals surface area contributed by atoms with Crippen molar-refractivity contribution in [3.8, 4) is 22.1 Å². The van der Waals surface area contributed by atoms with Gasteiger partial charge in [-0.1, -0.05) is 24.3 Å². The Labute approximate surface area is 170 Å². The Kier molecular flexibility index (Phi) is 5.78. The van der Waals surface area contributed by atoms with Crippen LogP contribution in [-0.4, -0.2) is 50.3 Å². The number of hydrogen-bond donors (Lipinski definition) is 0. The Balaban J connectivity index is 1.41. The molecule has 0 atom stereocenters. The van der Waals surface area contributed by atoms with Crippen molar-refractivity contribution in [1.29, 1.82) is 0 Å². The average molecular weight is 396 g/mol. The molecule has 1 fully saturated rings. The topological polar surface area (TPSA) is 37.8 Å². The van der Waals surface area contributed by atoms with E-state index >= 15 is 0 Å². The summed E-state index contributed by atoms with van der Waals surface area (Å²) in [5.41, 5.74) is 3.40. The highest BCUT2D eigenvalue weighted by Gasteiger charge is 2.19. The number of rotatable bonds is 6. The summed E-state index contributed by atoms with van der Waals surface area (Å²) >= 11 is 1.65. The Morgan fingerprint density at radius 2 is 1.71 bits per heavy atom. The van der Waals surface area contributed by atoms with Gasteiger partial charge in [0.25, 0.3) is 0 Å². The molecule has 2 heterocycles. The Morgan fingerprint density at radius 1 is 0.929 bits per heavy atom. The third-order valence-electron chi connectivity index (χ3n) is 5.06. The first-order chi connectivity index (χ1) is 13.8. The third kappa shape index (κ3) is 3.98. The zero-order valence-corrected chi connectivity index (χ0v) is 17.1. The lowest BCUT2D eigenvalue weighted by atomic mass is 10.2. The summed E-state index contributed by atoms with van der Waals surface area (Å²) < 4.78 is 11.0. The minimum Gasteiger partial charge on any atom is -0.493 e. The molecule has 1 aliphatic rings. The van der Waals surface area contributed by atoms with Crippen LogP contribution in [0.5, 0.6) is 11.5 Å². The zero-order chi connectivity index (χ0) is 19.3. The second-order valence-corrected chi connectivity index (χ2v) is 7.64. The highest BCUT2D eigenvalue weighted by molar-refractivity contribution is 7.13. The van der Waals surface area contributed by atoms with E-state index in [2.05, 4.69) is 45.5 Å². The fourth-order valence-electron chi connectivity index (χ4n) is 3.59. The van der Waals surface area contributed by atoms with E-state index in [9.17, 15) is 0 Å². The van der Waals surface area contributed by atoms with Gasteiger partial charge in [-0.25, -0.2) is 4.98 Å². The van der Waals surface area contributed by atoms with Crippen molar-refractivity contribution in [2.45, 2.75) is 6.54 Å². The predicted molar refractivity (Wildman–Crippen MR) is 115 cm³/mol. The number of ether oxygens (including phenoxy) is 2. The summed E-state index contributed by atoms with van der Waals surface area (Å²) in [6.07, 6.45) is 0. The molecule has 3 aromatic rings. The summed E-state index contributed by atoms with van der Waals surface area (Å²) in [6.45, 7) is 5.06. The molecule has 2 aromatic carbocycles. The molecule has 0 amide bonds. The maximum atomic E-state index is 5.56. The fraction of sp³-hybridized carbons (Fsp3) is 0.318. The number of piperazine rings is 1. The number of hydrogen-bond acceptors (Lipinski definition) is 6. The number of nitrogens with zero attached hydrogens (tertiary/aromatic N) is 3. The van der Waals surface area contributed by atoms with Gasteiger partial charge in [0.1, 0.15) is 5.01 Å². The fourth-order valence-corrected chi connectivity index (χ4v) is 4.42. The molecule has 1 aliphatic heterocycles. The van der Waals surface area contributed by atoms with Crippen LogP contribution in [0, 0.1) is 0 Å². The van der Waals surface area contributed by atoms with Crippen LogP contribution >= 0.6 is 11.3 Å². The molecule has 0 bridgehead atoms. The molecule has 1 saturated heterocycles. The zero-order valence-electron chi connectivity index (χ0n) is 16.3. The van der Waals surface area contributed by atoms with Gasteiger partial charge in [0, 0.05) is 43.8 Å². The Bertz CT molecular complexity index is 905. The van der Waals surface area contributed by atoms with Crippen LogP contribution < -0.4 is 14.4 Å². The van der Waals surface area contributed by atoms with Crippen molar-refractivity contribution in [3.63, 3.8) is 0 Å². The van der Waals surface area contributed by atoms with Gasteiger partial charge < -0.3 is 14.4 Å². The molecule has 5 nitrogen and oxygen atoms in total. The lowest BCUT2D eigenvalue weighted by Gasteiger charge is -2.35.